The highest BCUT2D eigenvalue weighted by Crippen LogP contribution is 2.38. The number of furan rings is 1. The first kappa shape index (κ1) is 7.88. The molecule has 0 spiro atoms. The number of methoxy groups -OCH3 is 1. The molecule has 0 aliphatic heterocycles. The normalized spacial score (nSPS) is 11.2. The molecule has 0 aliphatic carbocycles. The van der Waals surface area contributed by atoms with Crippen molar-refractivity contribution in [3.05, 3.63) is 30.3 Å². The van der Waals surface area contributed by atoms with Gasteiger partial charge in [-0.05, 0) is 6.07 Å². The van der Waals surface area contributed by atoms with Crippen molar-refractivity contribution in [2.24, 2.45) is 0 Å². The molecule has 1 aromatic carbocycles. The average Bonchev–Trinajstić information content (AvgIpc) is 2.73. The number of fused-ring (bicyclic) bond motifs is 3. The molecule has 14 heavy (non-hydrogen) atoms. The molecule has 70 valence electrons. The van der Waals surface area contributed by atoms with Gasteiger partial charge in [0.2, 0.25) is 0 Å². The van der Waals surface area contributed by atoms with E-state index in [-0.39, 0.29) is 0 Å². The molecule has 0 N–H and O–H groups in total. The highest BCUT2D eigenvalue weighted by molar-refractivity contribution is 7.20. The fourth-order valence-corrected chi connectivity index (χ4v) is 2.45. The lowest BCUT2D eigenvalue weighted by Crippen LogP contribution is -1.73. The maximum absolute atomic E-state index is 5.67. The number of hydrogen-bond acceptors (Lipinski definition) is 3. The van der Waals surface area contributed by atoms with Gasteiger partial charge in [0.1, 0.15) is 5.58 Å². The number of benzene rings is 1. The van der Waals surface area contributed by atoms with Crippen LogP contribution in [0.5, 0.6) is 5.06 Å². The smallest absolute Gasteiger partial charge is 0.192 e. The molecule has 0 radical (unpaired) electrons. The van der Waals surface area contributed by atoms with E-state index in [0.29, 0.717) is 0 Å². The topological polar surface area (TPSA) is 22.4 Å². The first-order chi connectivity index (χ1) is 6.88. The van der Waals surface area contributed by atoms with E-state index in [1.165, 1.54) is 11.3 Å². The van der Waals surface area contributed by atoms with Gasteiger partial charge in [0.15, 0.2) is 9.96 Å². The Morgan fingerprint density at radius 1 is 1.21 bits per heavy atom. The minimum Gasteiger partial charge on any atom is -0.487 e. The summed E-state index contributed by atoms with van der Waals surface area (Å²) in [5.41, 5.74) is 0.941. The van der Waals surface area contributed by atoms with Crippen molar-refractivity contribution in [1.82, 2.24) is 0 Å². The first-order valence-electron chi connectivity index (χ1n) is 4.33. The van der Waals surface area contributed by atoms with Gasteiger partial charge in [-0.1, -0.05) is 29.5 Å². The van der Waals surface area contributed by atoms with E-state index in [0.717, 1.165) is 26.3 Å². The monoisotopic (exact) mass is 204 g/mol. The minimum atomic E-state index is 0.893. The standard InChI is InChI=1S/C11H8O2S/c1-12-10-6-8-7-4-2-3-5-9(7)13-11(8)14-10/h2-6H,1H3. The Morgan fingerprint density at radius 2 is 2.07 bits per heavy atom. The van der Waals surface area contributed by atoms with Crippen LogP contribution in [-0.2, 0) is 0 Å². The van der Waals surface area contributed by atoms with Crippen LogP contribution >= 0.6 is 11.3 Å². The van der Waals surface area contributed by atoms with Gasteiger partial charge in [-0.2, -0.15) is 0 Å². The molecule has 0 bridgehead atoms. The van der Waals surface area contributed by atoms with Gasteiger partial charge < -0.3 is 9.15 Å². The third kappa shape index (κ3) is 0.960. The van der Waals surface area contributed by atoms with Crippen LogP contribution in [0.4, 0.5) is 0 Å². The quantitative estimate of drug-likeness (QED) is 0.603. The third-order valence-corrected chi connectivity index (χ3v) is 3.23. The lowest BCUT2D eigenvalue weighted by Gasteiger charge is -1.89. The second kappa shape index (κ2) is 2.75. The molecule has 3 aromatic rings. The van der Waals surface area contributed by atoms with Crippen LogP contribution in [-0.4, -0.2) is 7.11 Å². The summed E-state index contributed by atoms with van der Waals surface area (Å²) in [6.07, 6.45) is 0. The first-order valence-corrected chi connectivity index (χ1v) is 5.15. The van der Waals surface area contributed by atoms with E-state index < -0.39 is 0 Å². The molecule has 0 saturated carbocycles. The Morgan fingerprint density at radius 3 is 2.93 bits per heavy atom. The summed E-state index contributed by atoms with van der Waals surface area (Å²) in [6, 6.07) is 10.1. The second-order valence-corrected chi connectivity index (χ2v) is 4.05. The Bertz CT molecular complexity index is 591. The lowest BCUT2D eigenvalue weighted by atomic mass is 10.2. The Hall–Kier alpha value is -1.48. The Balaban J connectivity index is 2.45. The lowest BCUT2D eigenvalue weighted by molar-refractivity contribution is 0.427. The minimum absolute atomic E-state index is 0.893. The molecule has 0 amide bonds. The zero-order chi connectivity index (χ0) is 9.54. The van der Waals surface area contributed by atoms with E-state index in [2.05, 4.69) is 6.07 Å². The van der Waals surface area contributed by atoms with E-state index in [1.807, 2.05) is 24.3 Å². The number of thiophene rings is 1. The zero-order valence-corrected chi connectivity index (χ0v) is 8.43. The molecule has 0 unspecified atom stereocenters. The molecular formula is C11H8O2S. The van der Waals surface area contributed by atoms with E-state index in [1.54, 1.807) is 7.11 Å². The van der Waals surface area contributed by atoms with E-state index in [4.69, 9.17) is 9.15 Å². The molecule has 2 nitrogen and oxygen atoms in total. The Labute approximate surface area is 84.7 Å². The van der Waals surface area contributed by atoms with Gasteiger partial charge in [-0.15, -0.1) is 0 Å². The number of para-hydroxylation sites is 1. The SMILES string of the molecule is COc1cc2c(oc3ccccc32)s1. The maximum Gasteiger partial charge on any atom is 0.192 e. The molecule has 3 rings (SSSR count). The fourth-order valence-electron chi connectivity index (χ4n) is 1.59. The fraction of sp³-hybridized carbons (Fsp3) is 0.0909. The van der Waals surface area contributed by atoms with Crippen molar-refractivity contribution in [3.63, 3.8) is 0 Å². The van der Waals surface area contributed by atoms with Crippen molar-refractivity contribution >= 4 is 32.6 Å². The third-order valence-electron chi connectivity index (χ3n) is 2.26. The van der Waals surface area contributed by atoms with Gasteiger partial charge in [0, 0.05) is 16.8 Å². The van der Waals surface area contributed by atoms with Crippen LogP contribution in [0.2, 0.25) is 0 Å². The number of rotatable bonds is 1. The van der Waals surface area contributed by atoms with Crippen LogP contribution in [0.25, 0.3) is 21.3 Å². The van der Waals surface area contributed by atoms with Crippen LogP contribution < -0.4 is 4.74 Å². The summed E-state index contributed by atoms with van der Waals surface area (Å²) in [6.45, 7) is 0. The van der Waals surface area contributed by atoms with Crippen molar-refractivity contribution in [3.8, 4) is 5.06 Å². The van der Waals surface area contributed by atoms with Crippen LogP contribution in [0.15, 0.2) is 34.7 Å². The summed E-state index contributed by atoms with van der Waals surface area (Å²) < 4.78 is 10.8. The summed E-state index contributed by atoms with van der Waals surface area (Å²) in [5, 5.41) is 3.19. The molecule has 2 aromatic heterocycles. The van der Waals surface area contributed by atoms with Gasteiger partial charge in [0.25, 0.3) is 0 Å². The summed E-state index contributed by atoms with van der Waals surface area (Å²) in [7, 11) is 1.67. The summed E-state index contributed by atoms with van der Waals surface area (Å²) >= 11 is 1.53. The highest BCUT2D eigenvalue weighted by Gasteiger charge is 2.10. The molecule has 0 atom stereocenters. The predicted octanol–water partition coefficient (Wildman–Crippen LogP) is 3.66. The molecule has 0 saturated heterocycles. The molecule has 2 heterocycles. The van der Waals surface area contributed by atoms with Crippen molar-refractivity contribution < 1.29 is 9.15 Å². The molecular weight excluding hydrogens is 196 g/mol. The van der Waals surface area contributed by atoms with Gasteiger partial charge in [-0.3, -0.25) is 0 Å². The molecule has 0 fully saturated rings. The van der Waals surface area contributed by atoms with Crippen LogP contribution in [0.1, 0.15) is 0 Å². The van der Waals surface area contributed by atoms with Gasteiger partial charge in [0.05, 0.1) is 7.11 Å². The number of ether oxygens (including phenoxy) is 1. The van der Waals surface area contributed by atoms with Crippen molar-refractivity contribution in [2.75, 3.05) is 7.11 Å². The second-order valence-electron chi connectivity index (χ2n) is 3.07. The maximum atomic E-state index is 5.67. The van der Waals surface area contributed by atoms with E-state index in [9.17, 15) is 0 Å². The summed E-state index contributed by atoms with van der Waals surface area (Å²) in [4.78, 5) is 0.933. The Kier molecular flexibility index (Phi) is 1.55. The van der Waals surface area contributed by atoms with Gasteiger partial charge >= 0.3 is 0 Å². The summed E-state index contributed by atoms with van der Waals surface area (Å²) in [5.74, 6) is 0. The van der Waals surface area contributed by atoms with Crippen LogP contribution in [0.3, 0.4) is 0 Å². The molecule has 0 aliphatic rings. The highest BCUT2D eigenvalue weighted by atomic mass is 32.1. The largest absolute Gasteiger partial charge is 0.487 e. The predicted molar refractivity (Wildman–Crippen MR) is 58.1 cm³/mol. The average molecular weight is 204 g/mol. The van der Waals surface area contributed by atoms with Crippen LogP contribution in [0, 0.1) is 0 Å². The number of hydrogen-bond donors (Lipinski definition) is 0. The van der Waals surface area contributed by atoms with Crippen molar-refractivity contribution in [2.45, 2.75) is 0 Å². The van der Waals surface area contributed by atoms with Crippen molar-refractivity contribution in [1.29, 1.82) is 0 Å². The molecule has 3 heteroatoms. The van der Waals surface area contributed by atoms with E-state index >= 15 is 0 Å². The zero-order valence-electron chi connectivity index (χ0n) is 7.61. The van der Waals surface area contributed by atoms with Gasteiger partial charge in [-0.25, -0.2) is 0 Å².